The fourth-order valence-corrected chi connectivity index (χ4v) is 2.42. The number of hydrogen-bond acceptors (Lipinski definition) is 3. The smallest absolute Gasteiger partial charge is 0.263 e. The maximum atomic E-state index is 12.5. The van der Waals surface area contributed by atoms with E-state index in [9.17, 15) is 8.78 Å². The minimum Gasteiger partial charge on any atom is -0.308 e. The minimum atomic E-state index is -2.41. The highest BCUT2D eigenvalue weighted by atomic mass is 32.1. The second kappa shape index (κ2) is 6.02. The van der Waals surface area contributed by atoms with Gasteiger partial charge in [-0.05, 0) is 18.6 Å². The molecule has 1 aromatic heterocycles. The molecule has 0 radical (unpaired) electrons. The summed E-state index contributed by atoms with van der Waals surface area (Å²) in [5.74, 6) is 0. The molecule has 96 valence electrons. The van der Waals surface area contributed by atoms with E-state index in [1.54, 1.807) is 17.4 Å². The summed E-state index contributed by atoms with van der Waals surface area (Å²) in [7, 11) is 0. The van der Waals surface area contributed by atoms with Crippen LogP contribution in [0, 0.1) is 6.92 Å². The molecular formula is C13H14F2N2S. The molecule has 2 rings (SSSR count). The van der Waals surface area contributed by atoms with Crippen LogP contribution in [0.2, 0.25) is 0 Å². The molecule has 0 atom stereocenters. The number of aryl methyl sites for hydroxylation is 1. The van der Waals surface area contributed by atoms with Gasteiger partial charge in [0, 0.05) is 29.7 Å². The number of halogens is 2. The predicted molar refractivity (Wildman–Crippen MR) is 68.8 cm³/mol. The van der Waals surface area contributed by atoms with E-state index < -0.39 is 6.43 Å². The zero-order chi connectivity index (χ0) is 13.0. The molecule has 2 aromatic rings. The molecule has 0 bridgehead atoms. The van der Waals surface area contributed by atoms with Gasteiger partial charge in [-0.15, -0.1) is 11.3 Å². The van der Waals surface area contributed by atoms with Crippen LogP contribution in [0.1, 0.15) is 27.4 Å². The van der Waals surface area contributed by atoms with Crippen molar-refractivity contribution in [3.8, 4) is 0 Å². The van der Waals surface area contributed by atoms with Crippen molar-refractivity contribution in [1.82, 2.24) is 10.3 Å². The Morgan fingerprint density at radius 2 is 2.17 bits per heavy atom. The Bertz CT molecular complexity index is 511. The molecule has 5 heteroatoms. The predicted octanol–water partition coefficient (Wildman–Crippen LogP) is 3.68. The van der Waals surface area contributed by atoms with Crippen molar-refractivity contribution in [2.45, 2.75) is 26.4 Å². The number of benzene rings is 1. The van der Waals surface area contributed by atoms with Gasteiger partial charge in [-0.1, -0.05) is 18.2 Å². The lowest BCUT2D eigenvalue weighted by atomic mass is 10.1. The van der Waals surface area contributed by atoms with Gasteiger partial charge in [0.25, 0.3) is 6.43 Å². The summed E-state index contributed by atoms with van der Waals surface area (Å²) in [5, 5.41) is 4.26. The maximum absolute atomic E-state index is 12.5. The topological polar surface area (TPSA) is 24.9 Å². The van der Waals surface area contributed by atoms with Crippen molar-refractivity contribution >= 4 is 11.3 Å². The van der Waals surface area contributed by atoms with Gasteiger partial charge in [0.2, 0.25) is 0 Å². The van der Waals surface area contributed by atoms with E-state index in [0.717, 1.165) is 15.4 Å². The van der Waals surface area contributed by atoms with Crippen molar-refractivity contribution in [1.29, 1.82) is 0 Å². The molecule has 0 saturated carbocycles. The first-order chi connectivity index (χ1) is 8.65. The van der Waals surface area contributed by atoms with Gasteiger partial charge >= 0.3 is 0 Å². The number of aromatic nitrogens is 1. The largest absolute Gasteiger partial charge is 0.308 e. The second-order valence-electron chi connectivity index (χ2n) is 3.99. The number of nitrogens with one attached hydrogen (secondary N) is 1. The zero-order valence-electron chi connectivity index (χ0n) is 9.99. The molecule has 0 saturated heterocycles. The van der Waals surface area contributed by atoms with Crippen molar-refractivity contribution in [2.75, 3.05) is 0 Å². The first-order valence-corrected chi connectivity index (χ1v) is 6.46. The standard InChI is InChI=1S/C13H14F2N2S/c1-9-17-8-12(18-9)7-16-6-10-3-2-4-11(5-10)13(14)15/h2-5,8,13,16H,6-7H2,1H3. The van der Waals surface area contributed by atoms with Gasteiger partial charge in [-0.25, -0.2) is 13.8 Å². The Hall–Kier alpha value is -1.33. The van der Waals surface area contributed by atoms with E-state index in [1.165, 1.54) is 12.1 Å². The van der Waals surface area contributed by atoms with E-state index in [0.29, 0.717) is 13.1 Å². The summed E-state index contributed by atoms with van der Waals surface area (Å²) >= 11 is 1.64. The zero-order valence-corrected chi connectivity index (χ0v) is 10.8. The molecular weight excluding hydrogens is 254 g/mol. The molecule has 1 aromatic carbocycles. The van der Waals surface area contributed by atoms with Crippen LogP contribution in [0.5, 0.6) is 0 Å². The average molecular weight is 268 g/mol. The normalized spacial score (nSPS) is 11.1. The SMILES string of the molecule is Cc1ncc(CNCc2cccc(C(F)F)c2)s1. The van der Waals surface area contributed by atoms with Crippen LogP contribution in [0.25, 0.3) is 0 Å². The van der Waals surface area contributed by atoms with E-state index in [2.05, 4.69) is 10.3 Å². The summed E-state index contributed by atoms with van der Waals surface area (Å²) in [6.45, 7) is 3.25. The van der Waals surface area contributed by atoms with Crippen LogP contribution in [0.15, 0.2) is 30.5 Å². The molecule has 0 spiro atoms. The Morgan fingerprint density at radius 1 is 1.33 bits per heavy atom. The molecule has 0 fully saturated rings. The molecule has 0 aliphatic carbocycles. The van der Waals surface area contributed by atoms with E-state index in [4.69, 9.17) is 0 Å². The van der Waals surface area contributed by atoms with Crippen LogP contribution >= 0.6 is 11.3 Å². The third-order valence-electron chi connectivity index (χ3n) is 2.50. The number of alkyl halides is 2. The van der Waals surface area contributed by atoms with Crippen LogP contribution in [0.4, 0.5) is 8.78 Å². The van der Waals surface area contributed by atoms with E-state index in [-0.39, 0.29) is 5.56 Å². The van der Waals surface area contributed by atoms with Gasteiger partial charge < -0.3 is 5.32 Å². The number of hydrogen-bond donors (Lipinski definition) is 1. The fraction of sp³-hybridized carbons (Fsp3) is 0.308. The molecule has 0 aliphatic rings. The lowest BCUT2D eigenvalue weighted by Gasteiger charge is -2.05. The summed E-state index contributed by atoms with van der Waals surface area (Å²) < 4.78 is 25.0. The number of nitrogens with zero attached hydrogens (tertiary/aromatic N) is 1. The van der Waals surface area contributed by atoms with E-state index in [1.807, 2.05) is 19.2 Å². The van der Waals surface area contributed by atoms with Crippen molar-refractivity contribution in [3.05, 3.63) is 51.5 Å². The van der Waals surface area contributed by atoms with Crippen LogP contribution < -0.4 is 5.32 Å². The van der Waals surface area contributed by atoms with Crippen molar-refractivity contribution < 1.29 is 8.78 Å². The molecule has 0 amide bonds. The summed E-state index contributed by atoms with van der Waals surface area (Å²) in [5.41, 5.74) is 0.942. The molecule has 0 aliphatic heterocycles. The fourth-order valence-electron chi connectivity index (χ4n) is 1.66. The highest BCUT2D eigenvalue weighted by molar-refractivity contribution is 7.11. The summed E-state index contributed by atoms with van der Waals surface area (Å²) in [4.78, 5) is 5.31. The number of thiazole rings is 1. The van der Waals surface area contributed by atoms with Gasteiger partial charge in [-0.2, -0.15) is 0 Å². The second-order valence-corrected chi connectivity index (χ2v) is 5.31. The Balaban J connectivity index is 1.88. The Kier molecular flexibility index (Phi) is 4.38. The van der Waals surface area contributed by atoms with Gasteiger partial charge in [-0.3, -0.25) is 0 Å². The Labute approximate surface area is 109 Å². The third-order valence-corrected chi connectivity index (χ3v) is 3.41. The molecule has 0 unspecified atom stereocenters. The summed E-state index contributed by atoms with van der Waals surface area (Å²) in [6, 6.07) is 6.49. The first-order valence-electron chi connectivity index (χ1n) is 5.64. The van der Waals surface area contributed by atoms with Crippen molar-refractivity contribution in [2.24, 2.45) is 0 Å². The number of rotatable bonds is 5. The molecule has 18 heavy (non-hydrogen) atoms. The quantitative estimate of drug-likeness (QED) is 0.894. The highest BCUT2D eigenvalue weighted by Crippen LogP contribution is 2.19. The van der Waals surface area contributed by atoms with Crippen LogP contribution in [-0.4, -0.2) is 4.98 Å². The highest BCUT2D eigenvalue weighted by Gasteiger charge is 2.06. The van der Waals surface area contributed by atoms with Crippen molar-refractivity contribution in [3.63, 3.8) is 0 Å². The summed E-state index contributed by atoms with van der Waals surface area (Å²) in [6.07, 6.45) is -0.572. The third kappa shape index (κ3) is 3.58. The average Bonchev–Trinajstić information content (AvgIpc) is 2.75. The van der Waals surface area contributed by atoms with Crippen LogP contribution in [-0.2, 0) is 13.1 Å². The first kappa shape index (κ1) is 13.1. The minimum absolute atomic E-state index is 0.0722. The van der Waals surface area contributed by atoms with Crippen LogP contribution in [0.3, 0.4) is 0 Å². The van der Waals surface area contributed by atoms with Gasteiger partial charge in [0.15, 0.2) is 0 Å². The monoisotopic (exact) mass is 268 g/mol. The maximum Gasteiger partial charge on any atom is 0.263 e. The lowest BCUT2D eigenvalue weighted by Crippen LogP contribution is -2.11. The van der Waals surface area contributed by atoms with Gasteiger partial charge in [0.1, 0.15) is 0 Å². The lowest BCUT2D eigenvalue weighted by molar-refractivity contribution is 0.151. The van der Waals surface area contributed by atoms with Gasteiger partial charge in [0.05, 0.1) is 5.01 Å². The Morgan fingerprint density at radius 3 is 2.83 bits per heavy atom. The van der Waals surface area contributed by atoms with E-state index >= 15 is 0 Å². The molecule has 1 N–H and O–H groups in total. The molecule has 2 nitrogen and oxygen atoms in total. The molecule has 1 heterocycles.